The van der Waals surface area contributed by atoms with Gasteiger partial charge in [-0.25, -0.2) is 9.68 Å². The Hall–Kier alpha value is -2.37. The van der Waals surface area contributed by atoms with Gasteiger partial charge in [-0.3, -0.25) is 5.26 Å². The number of ether oxygens (including phenoxy) is 1. The van der Waals surface area contributed by atoms with Gasteiger partial charge in [-0.2, -0.15) is 0 Å². The van der Waals surface area contributed by atoms with Crippen LogP contribution in [-0.4, -0.2) is 28.5 Å². The third-order valence-corrected chi connectivity index (χ3v) is 5.20. The fourth-order valence-electron chi connectivity index (χ4n) is 3.67. The number of esters is 1. The van der Waals surface area contributed by atoms with E-state index in [1.807, 2.05) is 6.92 Å². The van der Waals surface area contributed by atoms with Crippen LogP contribution in [0.1, 0.15) is 58.4 Å². The second kappa shape index (κ2) is 10.4. The van der Waals surface area contributed by atoms with E-state index in [4.69, 9.17) is 9.62 Å². The molecule has 29 heavy (non-hydrogen) atoms. The van der Waals surface area contributed by atoms with E-state index in [2.05, 4.69) is 26.5 Å². The van der Waals surface area contributed by atoms with Crippen LogP contribution in [0.5, 0.6) is 5.75 Å². The Morgan fingerprint density at radius 3 is 2.59 bits per heavy atom. The van der Waals surface area contributed by atoms with Gasteiger partial charge in [0.1, 0.15) is 18.0 Å². The van der Waals surface area contributed by atoms with E-state index in [1.165, 1.54) is 6.08 Å². The van der Waals surface area contributed by atoms with Crippen molar-refractivity contribution >= 4 is 12.0 Å². The van der Waals surface area contributed by atoms with E-state index in [-0.39, 0.29) is 17.3 Å². The molecule has 0 heterocycles. The quantitative estimate of drug-likeness (QED) is 0.224. The second-order valence-corrected chi connectivity index (χ2v) is 8.60. The standard InChI is InChI=1S/C24H32O5/c1-17-6-5-7-18(2)22(29-27)16-24(3,4)15-21(14-17)28-23(26)13-10-19-8-11-20(25)12-9-19/h6,8-13,21-22,25,27H,2,5,7,14-16H2,1,3-4H3/t21-,22+/m0/s1. The molecule has 2 rings (SSSR count). The van der Waals surface area contributed by atoms with Gasteiger partial charge < -0.3 is 9.84 Å². The molecular formula is C24H32O5. The molecule has 1 aromatic carbocycles. The molecule has 2 atom stereocenters. The van der Waals surface area contributed by atoms with Crippen molar-refractivity contribution in [1.82, 2.24) is 0 Å². The summed E-state index contributed by atoms with van der Waals surface area (Å²) in [7, 11) is 0. The number of allylic oxidation sites excluding steroid dienone is 1. The molecule has 0 radical (unpaired) electrons. The van der Waals surface area contributed by atoms with Crippen molar-refractivity contribution in [1.29, 1.82) is 0 Å². The summed E-state index contributed by atoms with van der Waals surface area (Å²) in [6.45, 7) is 10.3. The minimum absolute atomic E-state index is 0.180. The smallest absolute Gasteiger partial charge is 0.331 e. The van der Waals surface area contributed by atoms with Crippen LogP contribution in [0.25, 0.3) is 6.08 Å². The van der Waals surface area contributed by atoms with Crippen molar-refractivity contribution in [2.45, 2.75) is 65.1 Å². The molecule has 0 unspecified atom stereocenters. The molecule has 2 N–H and O–H groups in total. The average Bonchev–Trinajstić information content (AvgIpc) is 2.66. The molecule has 1 aliphatic rings. The first-order chi connectivity index (χ1) is 13.7. The van der Waals surface area contributed by atoms with Gasteiger partial charge in [0.2, 0.25) is 0 Å². The van der Waals surface area contributed by atoms with Gasteiger partial charge in [0.05, 0.1) is 0 Å². The highest BCUT2D eigenvalue weighted by molar-refractivity contribution is 5.87. The number of rotatable bonds is 4. The van der Waals surface area contributed by atoms with E-state index >= 15 is 0 Å². The summed E-state index contributed by atoms with van der Waals surface area (Å²) in [6, 6.07) is 6.59. The Balaban J connectivity index is 2.11. The van der Waals surface area contributed by atoms with Crippen LogP contribution in [-0.2, 0) is 14.4 Å². The highest BCUT2D eigenvalue weighted by Gasteiger charge is 2.31. The fourth-order valence-corrected chi connectivity index (χ4v) is 3.67. The normalized spacial score (nSPS) is 23.3. The van der Waals surface area contributed by atoms with Gasteiger partial charge in [0.25, 0.3) is 0 Å². The van der Waals surface area contributed by atoms with Gasteiger partial charge in [-0.1, -0.05) is 44.2 Å². The maximum absolute atomic E-state index is 12.4. The number of phenolic OH excluding ortho intramolecular Hbond substituents is 1. The monoisotopic (exact) mass is 400 g/mol. The van der Waals surface area contributed by atoms with Crippen molar-refractivity contribution < 1.29 is 24.8 Å². The lowest BCUT2D eigenvalue weighted by molar-refractivity contribution is -0.274. The molecule has 0 bridgehead atoms. The van der Waals surface area contributed by atoms with E-state index in [9.17, 15) is 15.2 Å². The largest absolute Gasteiger partial charge is 0.508 e. The van der Waals surface area contributed by atoms with Crippen LogP contribution in [0.2, 0.25) is 0 Å². The third-order valence-electron chi connectivity index (χ3n) is 5.20. The molecule has 0 aliphatic heterocycles. The predicted octanol–water partition coefficient (Wildman–Crippen LogP) is 5.67. The Morgan fingerprint density at radius 1 is 1.24 bits per heavy atom. The lowest BCUT2D eigenvalue weighted by Crippen LogP contribution is -2.30. The third kappa shape index (κ3) is 7.87. The van der Waals surface area contributed by atoms with E-state index in [0.717, 1.165) is 29.6 Å². The second-order valence-electron chi connectivity index (χ2n) is 8.60. The summed E-state index contributed by atoms with van der Waals surface area (Å²) in [6.07, 6.45) is 7.97. The summed E-state index contributed by atoms with van der Waals surface area (Å²) in [5, 5.41) is 18.7. The average molecular weight is 401 g/mol. The Kier molecular flexibility index (Phi) is 8.23. The van der Waals surface area contributed by atoms with Crippen molar-refractivity contribution in [3.8, 4) is 5.75 Å². The maximum Gasteiger partial charge on any atom is 0.331 e. The molecule has 5 heteroatoms. The van der Waals surface area contributed by atoms with Crippen LogP contribution >= 0.6 is 0 Å². The molecule has 0 saturated heterocycles. The molecule has 0 saturated carbocycles. The zero-order valence-corrected chi connectivity index (χ0v) is 17.6. The molecule has 0 spiro atoms. The number of hydrogen-bond acceptors (Lipinski definition) is 5. The summed E-state index contributed by atoms with van der Waals surface area (Å²) in [4.78, 5) is 17.1. The summed E-state index contributed by atoms with van der Waals surface area (Å²) < 4.78 is 5.77. The first-order valence-electron chi connectivity index (χ1n) is 10.00. The van der Waals surface area contributed by atoms with Crippen molar-refractivity contribution in [2.24, 2.45) is 5.41 Å². The summed E-state index contributed by atoms with van der Waals surface area (Å²) in [5.41, 5.74) is 2.63. The number of carbonyl (C=O) groups is 1. The zero-order valence-electron chi connectivity index (χ0n) is 17.6. The Morgan fingerprint density at radius 2 is 1.93 bits per heavy atom. The number of phenols is 1. The van der Waals surface area contributed by atoms with Crippen LogP contribution in [0.4, 0.5) is 0 Å². The summed E-state index contributed by atoms with van der Waals surface area (Å²) >= 11 is 0. The van der Waals surface area contributed by atoms with Crippen LogP contribution in [0.15, 0.2) is 54.1 Å². The minimum atomic E-state index is -0.428. The molecule has 0 amide bonds. The van der Waals surface area contributed by atoms with E-state index in [0.29, 0.717) is 19.3 Å². The lowest BCUT2D eigenvalue weighted by Gasteiger charge is -2.32. The fraction of sp³-hybridized carbons (Fsp3) is 0.458. The number of hydrogen-bond donors (Lipinski definition) is 2. The van der Waals surface area contributed by atoms with Crippen LogP contribution in [0.3, 0.4) is 0 Å². The number of aromatic hydroxyl groups is 1. The molecule has 158 valence electrons. The molecule has 5 nitrogen and oxygen atoms in total. The molecule has 0 fully saturated rings. The number of benzene rings is 1. The highest BCUT2D eigenvalue weighted by Crippen LogP contribution is 2.35. The molecular weight excluding hydrogens is 368 g/mol. The van der Waals surface area contributed by atoms with Crippen molar-refractivity contribution in [2.75, 3.05) is 0 Å². The predicted molar refractivity (Wildman–Crippen MR) is 114 cm³/mol. The zero-order chi connectivity index (χ0) is 21.4. The van der Waals surface area contributed by atoms with Gasteiger partial charge in [0, 0.05) is 12.5 Å². The first-order valence-corrected chi connectivity index (χ1v) is 10.00. The highest BCUT2D eigenvalue weighted by atomic mass is 17.1. The van der Waals surface area contributed by atoms with Crippen molar-refractivity contribution in [3.05, 3.63) is 59.7 Å². The molecule has 1 aliphatic carbocycles. The van der Waals surface area contributed by atoms with Crippen molar-refractivity contribution in [3.63, 3.8) is 0 Å². The topological polar surface area (TPSA) is 76.0 Å². The van der Waals surface area contributed by atoms with Gasteiger partial charge in [-0.15, -0.1) is 0 Å². The Labute approximate surface area is 173 Å². The maximum atomic E-state index is 12.4. The molecule has 0 aromatic heterocycles. The van der Waals surface area contributed by atoms with Crippen LogP contribution < -0.4 is 0 Å². The Bertz CT molecular complexity index is 758. The van der Waals surface area contributed by atoms with E-state index < -0.39 is 12.1 Å². The van der Waals surface area contributed by atoms with Gasteiger partial charge in [0.15, 0.2) is 0 Å². The lowest BCUT2D eigenvalue weighted by atomic mass is 9.79. The number of carbonyl (C=O) groups excluding carboxylic acids is 1. The van der Waals surface area contributed by atoms with E-state index in [1.54, 1.807) is 30.3 Å². The SMILES string of the molecule is C=C1CCC=C(C)C[C@H](OC(=O)C=Cc2ccc(O)cc2)CC(C)(C)C[C@H]1OO. The molecule has 1 aromatic rings. The first kappa shape index (κ1) is 22.9. The van der Waals surface area contributed by atoms with Gasteiger partial charge in [-0.05, 0) is 67.4 Å². The minimum Gasteiger partial charge on any atom is -0.508 e. The van der Waals surface area contributed by atoms with Crippen LogP contribution in [0, 0.1) is 5.41 Å². The van der Waals surface area contributed by atoms with Gasteiger partial charge >= 0.3 is 5.97 Å². The summed E-state index contributed by atoms with van der Waals surface area (Å²) in [5.74, 6) is -0.222.